The van der Waals surface area contributed by atoms with Crippen molar-refractivity contribution < 1.29 is 14.6 Å². The van der Waals surface area contributed by atoms with Crippen molar-refractivity contribution in [3.8, 4) is 0 Å². The second kappa shape index (κ2) is 9.54. The Morgan fingerprint density at radius 3 is 2.53 bits per heavy atom. The number of carbonyl (C=O) groups excluding carboxylic acids is 1. The standard InChI is InChI=1S/C27H48N2O3/c1-17(5-8-25(31)32-4)20-6-7-21-19-16-24(30)23-15-18(29-14-13-28)9-11-27(23,3)22(19)10-12-26(20,21)2/h17-24,29-30H,5-16,28H2,1-4H3/t17-,18-,19?,20?,21?,22?,23-,24-,26-,27-/m1/s1. The minimum Gasteiger partial charge on any atom is -0.469 e. The number of methoxy groups -OCH3 is 1. The van der Waals surface area contributed by atoms with Gasteiger partial charge in [-0.15, -0.1) is 0 Å². The number of carbonyl (C=O) groups is 1. The summed E-state index contributed by atoms with van der Waals surface area (Å²) in [5, 5.41) is 15.0. The van der Waals surface area contributed by atoms with Crippen LogP contribution in [0.15, 0.2) is 0 Å². The third-order valence-electron chi connectivity index (χ3n) is 11.0. The minimum absolute atomic E-state index is 0.0776. The third-order valence-corrected chi connectivity index (χ3v) is 11.0. The van der Waals surface area contributed by atoms with Crippen LogP contribution in [0.1, 0.15) is 85.0 Å². The zero-order chi connectivity index (χ0) is 23.1. The lowest BCUT2D eigenvalue weighted by Crippen LogP contribution is -2.59. The number of ether oxygens (including phenoxy) is 1. The fraction of sp³-hybridized carbons (Fsp3) is 0.963. The number of rotatable bonds is 7. The zero-order valence-electron chi connectivity index (χ0n) is 20.9. The molecule has 0 aliphatic heterocycles. The molecule has 0 bridgehead atoms. The second-order valence-corrected chi connectivity index (χ2v) is 12.3. The van der Waals surface area contributed by atoms with E-state index >= 15 is 0 Å². The van der Waals surface area contributed by atoms with E-state index in [1.165, 1.54) is 45.6 Å². The van der Waals surface area contributed by atoms with Crippen LogP contribution in [0.25, 0.3) is 0 Å². The number of esters is 1. The first-order valence-electron chi connectivity index (χ1n) is 13.4. The molecule has 0 amide bonds. The molecule has 10 atom stereocenters. The van der Waals surface area contributed by atoms with Crippen molar-refractivity contribution in [1.82, 2.24) is 5.32 Å². The maximum absolute atomic E-state index is 11.7. The molecule has 4 unspecified atom stereocenters. The van der Waals surface area contributed by atoms with Crippen LogP contribution in [0, 0.1) is 46.3 Å². The molecule has 0 radical (unpaired) electrons. The van der Waals surface area contributed by atoms with Gasteiger partial charge in [-0.3, -0.25) is 4.79 Å². The van der Waals surface area contributed by atoms with E-state index in [1.807, 2.05) is 0 Å². The van der Waals surface area contributed by atoms with Crippen molar-refractivity contribution >= 4 is 5.97 Å². The van der Waals surface area contributed by atoms with Gasteiger partial charge in [0.1, 0.15) is 0 Å². The van der Waals surface area contributed by atoms with Gasteiger partial charge in [0, 0.05) is 25.6 Å². The summed E-state index contributed by atoms with van der Waals surface area (Å²) in [5.74, 6) is 3.75. The molecule has 4 saturated carbocycles. The van der Waals surface area contributed by atoms with Crippen LogP contribution in [0.3, 0.4) is 0 Å². The van der Waals surface area contributed by atoms with E-state index in [-0.39, 0.29) is 17.5 Å². The molecule has 0 saturated heterocycles. The maximum Gasteiger partial charge on any atom is 0.305 e. The van der Waals surface area contributed by atoms with Crippen LogP contribution >= 0.6 is 0 Å². The summed E-state index contributed by atoms with van der Waals surface area (Å²) in [6.07, 6.45) is 11.1. The zero-order valence-corrected chi connectivity index (χ0v) is 20.9. The number of nitrogens with two attached hydrogens (primary N) is 1. The van der Waals surface area contributed by atoms with E-state index in [9.17, 15) is 9.90 Å². The fourth-order valence-corrected chi connectivity index (χ4v) is 9.40. The lowest BCUT2D eigenvalue weighted by molar-refractivity contribution is -0.162. The quantitative estimate of drug-likeness (QED) is 0.510. The Bertz CT molecular complexity index is 671. The van der Waals surface area contributed by atoms with Crippen LogP contribution < -0.4 is 11.1 Å². The van der Waals surface area contributed by atoms with Crippen molar-refractivity contribution in [3.05, 3.63) is 0 Å². The number of hydrogen-bond donors (Lipinski definition) is 3. The first-order valence-corrected chi connectivity index (χ1v) is 13.4. The van der Waals surface area contributed by atoms with Crippen LogP contribution in [0.5, 0.6) is 0 Å². The molecule has 4 fully saturated rings. The van der Waals surface area contributed by atoms with Gasteiger partial charge < -0.3 is 20.9 Å². The van der Waals surface area contributed by atoms with Crippen LogP contribution in [-0.4, -0.2) is 43.4 Å². The molecule has 0 heterocycles. The van der Waals surface area contributed by atoms with Crippen molar-refractivity contribution in [2.24, 2.45) is 52.1 Å². The second-order valence-electron chi connectivity index (χ2n) is 12.3. The Labute approximate surface area is 195 Å². The van der Waals surface area contributed by atoms with E-state index in [2.05, 4.69) is 26.1 Å². The molecule has 4 aliphatic rings. The van der Waals surface area contributed by atoms with E-state index in [1.54, 1.807) is 0 Å². The van der Waals surface area contributed by atoms with Crippen molar-refractivity contribution in [2.75, 3.05) is 20.2 Å². The van der Waals surface area contributed by atoms with E-state index < -0.39 is 0 Å². The van der Waals surface area contributed by atoms with E-state index in [0.717, 1.165) is 37.6 Å². The molecule has 184 valence electrons. The Morgan fingerprint density at radius 2 is 1.81 bits per heavy atom. The summed E-state index contributed by atoms with van der Waals surface area (Å²) in [7, 11) is 1.49. The summed E-state index contributed by atoms with van der Waals surface area (Å²) < 4.78 is 4.89. The molecule has 4 rings (SSSR count). The Morgan fingerprint density at radius 1 is 1.09 bits per heavy atom. The Hall–Kier alpha value is -0.650. The lowest BCUT2D eigenvalue weighted by Gasteiger charge is -2.62. The molecule has 0 aromatic heterocycles. The molecule has 5 heteroatoms. The van der Waals surface area contributed by atoms with Crippen LogP contribution in [-0.2, 0) is 9.53 Å². The minimum atomic E-state index is -0.165. The molecular weight excluding hydrogens is 400 g/mol. The highest BCUT2D eigenvalue weighted by molar-refractivity contribution is 5.69. The van der Waals surface area contributed by atoms with Gasteiger partial charge in [-0.25, -0.2) is 0 Å². The van der Waals surface area contributed by atoms with Crippen LogP contribution in [0.2, 0.25) is 0 Å². The van der Waals surface area contributed by atoms with Gasteiger partial charge in [-0.2, -0.15) is 0 Å². The highest BCUT2D eigenvalue weighted by Crippen LogP contribution is 2.68. The van der Waals surface area contributed by atoms with Gasteiger partial charge in [0.2, 0.25) is 0 Å². The number of hydrogen-bond acceptors (Lipinski definition) is 5. The SMILES string of the molecule is COC(=O)CC[C@@H](C)C1CCC2C3C[C@@H](O)[C@H]4C[C@H](NCCN)CC[C@]4(C)C3CC[C@@]21C. The highest BCUT2D eigenvalue weighted by Gasteiger charge is 2.62. The van der Waals surface area contributed by atoms with Crippen molar-refractivity contribution in [3.63, 3.8) is 0 Å². The first-order chi connectivity index (χ1) is 15.2. The van der Waals surface area contributed by atoms with Gasteiger partial charge in [-0.1, -0.05) is 20.8 Å². The molecule has 4 N–H and O–H groups in total. The fourth-order valence-electron chi connectivity index (χ4n) is 9.40. The van der Waals surface area contributed by atoms with Crippen molar-refractivity contribution in [2.45, 2.75) is 97.1 Å². The molecule has 4 aliphatic carbocycles. The lowest BCUT2D eigenvalue weighted by atomic mass is 9.43. The third kappa shape index (κ3) is 4.15. The maximum atomic E-state index is 11.7. The molecule has 0 aromatic rings. The van der Waals surface area contributed by atoms with Gasteiger partial charge in [-0.05, 0) is 104 Å². The topological polar surface area (TPSA) is 84.6 Å². The summed E-state index contributed by atoms with van der Waals surface area (Å²) >= 11 is 0. The van der Waals surface area contributed by atoms with E-state index in [0.29, 0.717) is 48.1 Å². The van der Waals surface area contributed by atoms with Gasteiger partial charge in [0.25, 0.3) is 0 Å². The van der Waals surface area contributed by atoms with Gasteiger partial charge in [0.15, 0.2) is 0 Å². The largest absolute Gasteiger partial charge is 0.469 e. The first kappa shape index (κ1) is 24.5. The number of fused-ring (bicyclic) bond motifs is 5. The predicted molar refractivity (Wildman–Crippen MR) is 128 cm³/mol. The summed E-state index contributed by atoms with van der Waals surface area (Å²) in [4.78, 5) is 11.7. The Kier molecular flexibility index (Phi) is 7.30. The summed E-state index contributed by atoms with van der Waals surface area (Å²) in [6, 6.07) is 0.517. The molecular formula is C27H48N2O3. The Balaban J connectivity index is 1.47. The van der Waals surface area contributed by atoms with Crippen LogP contribution in [0.4, 0.5) is 0 Å². The van der Waals surface area contributed by atoms with E-state index in [4.69, 9.17) is 10.5 Å². The summed E-state index contributed by atoms with van der Waals surface area (Å²) in [6.45, 7) is 8.99. The average Bonchev–Trinajstić information content (AvgIpc) is 3.13. The van der Waals surface area contributed by atoms with Gasteiger partial charge >= 0.3 is 5.97 Å². The van der Waals surface area contributed by atoms with Crippen molar-refractivity contribution in [1.29, 1.82) is 0 Å². The number of nitrogens with one attached hydrogen (secondary N) is 1. The molecule has 0 aromatic carbocycles. The van der Waals surface area contributed by atoms with Gasteiger partial charge in [0.05, 0.1) is 13.2 Å². The number of aliphatic hydroxyl groups is 1. The number of aliphatic hydroxyl groups excluding tert-OH is 1. The average molecular weight is 449 g/mol. The highest BCUT2D eigenvalue weighted by atomic mass is 16.5. The molecule has 0 spiro atoms. The molecule has 32 heavy (non-hydrogen) atoms. The monoisotopic (exact) mass is 448 g/mol. The predicted octanol–water partition coefficient (Wildman–Crippen LogP) is 4.12. The normalized spacial score (nSPS) is 46.6. The summed E-state index contributed by atoms with van der Waals surface area (Å²) in [5.41, 5.74) is 6.36. The molecule has 5 nitrogen and oxygen atoms in total. The smallest absolute Gasteiger partial charge is 0.305 e.